The van der Waals surface area contributed by atoms with Crippen LogP contribution in [-0.2, 0) is 0 Å². The summed E-state index contributed by atoms with van der Waals surface area (Å²) in [5, 5.41) is 15.7. The lowest BCUT2D eigenvalue weighted by Crippen LogP contribution is -2.20. The predicted octanol–water partition coefficient (Wildman–Crippen LogP) is 2.29. The minimum atomic E-state index is -0.354. The molecule has 112 valence electrons. The third kappa shape index (κ3) is 3.92. The van der Waals surface area contributed by atoms with Crippen molar-refractivity contribution in [1.82, 2.24) is 5.43 Å². The number of benzene rings is 2. The molecule has 0 saturated heterocycles. The van der Waals surface area contributed by atoms with Crippen molar-refractivity contribution in [3.05, 3.63) is 65.7 Å². The number of methoxy groups -OCH3 is 1. The molecule has 0 unspecified atom stereocenters. The van der Waals surface area contributed by atoms with Crippen molar-refractivity contribution in [1.29, 1.82) is 0 Å². The monoisotopic (exact) mass is 297 g/mol. The molecule has 0 saturated carbocycles. The van der Waals surface area contributed by atoms with Crippen molar-refractivity contribution in [2.24, 2.45) is 10.3 Å². The minimum Gasteiger partial charge on any atom is -0.497 e. The lowest BCUT2D eigenvalue weighted by Gasteiger charge is -2.05. The molecule has 0 aliphatic carbocycles. The van der Waals surface area contributed by atoms with E-state index in [-0.39, 0.29) is 5.91 Å². The summed E-state index contributed by atoms with van der Waals surface area (Å²) in [6.45, 7) is 0. The summed E-state index contributed by atoms with van der Waals surface area (Å²) < 4.78 is 5.13. The van der Waals surface area contributed by atoms with E-state index in [4.69, 9.17) is 9.94 Å². The first-order chi connectivity index (χ1) is 10.7. The van der Waals surface area contributed by atoms with E-state index in [0.29, 0.717) is 22.6 Å². The zero-order chi connectivity index (χ0) is 15.8. The first kappa shape index (κ1) is 15.2. The summed E-state index contributed by atoms with van der Waals surface area (Å²) in [5.74, 6) is 0.276. The van der Waals surface area contributed by atoms with E-state index < -0.39 is 0 Å². The summed E-state index contributed by atoms with van der Waals surface area (Å²) in [4.78, 5) is 12.0. The van der Waals surface area contributed by atoms with Crippen LogP contribution in [0.1, 0.15) is 15.9 Å². The van der Waals surface area contributed by atoms with Gasteiger partial charge in [-0.15, -0.1) is 0 Å². The van der Waals surface area contributed by atoms with Crippen molar-refractivity contribution in [2.75, 3.05) is 7.11 Å². The number of ether oxygens (including phenoxy) is 1. The standard InChI is InChI=1S/C16H15N3O3/c1-22-14-9-5-8-13(10-14)15(11-17-21)18-19-16(20)12-6-3-2-4-7-12/h2-11,21H,1H3,(H,19,20)/b17-11+,18-15+. The number of hydrogen-bond donors (Lipinski definition) is 2. The van der Waals surface area contributed by atoms with Crippen molar-refractivity contribution in [2.45, 2.75) is 0 Å². The molecule has 0 aromatic heterocycles. The highest BCUT2D eigenvalue weighted by Crippen LogP contribution is 2.13. The maximum Gasteiger partial charge on any atom is 0.271 e. The maximum atomic E-state index is 12.0. The molecule has 22 heavy (non-hydrogen) atoms. The summed E-state index contributed by atoms with van der Waals surface area (Å²) in [6, 6.07) is 15.7. The van der Waals surface area contributed by atoms with Gasteiger partial charge in [0.15, 0.2) is 0 Å². The summed E-state index contributed by atoms with van der Waals surface area (Å²) in [5.41, 5.74) is 3.85. The number of hydrazone groups is 1. The van der Waals surface area contributed by atoms with Gasteiger partial charge < -0.3 is 9.94 Å². The van der Waals surface area contributed by atoms with Crippen LogP contribution in [-0.4, -0.2) is 30.2 Å². The molecule has 0 spiro atoms. The van der Waals surface area contributed by atoms with E-state index >= 15 is 0 Å². The van der Waals surface area contributed by atoms with Gasteiger partial charge in [-0.25, -0.2) is 5.43 Å². The zero-order valence-electron chi connectivity index (χ0n) is 11.9. The fourth-order valence-electron chi connectivity index (χ4n) is 1.77. The van der Waals surface area contributed by atoms with E-state index in [1.807, 2.05) is 6.07 Å². The Balaban J connectivity index is 2.22. The maximum absolute atomic E-state index is 12.0. The molecule has 0 aliphatic rings. The second-order valence-corrected chi connectivity index (χ2v) is 4.28. The van der Waals surface area contributed by atoms with Crippen molar-refractivity contribution in [3.63, 3.8) is 0 Å². The molecule has 0 heterocycles. The molecule has 2 rings (SSSR count). The van der Waals surface area contributed by atoms with Crippen LogP contribution in [0.3, 0.4) is 0 Å². The molecule has 2 aromatic rings. The van der Waals surface area contributed by atoms with Crippen LogP contribution in [0, 0.1) is 0 Å². The number of amides is 1. The van der Waals surface area contributed by atoms with E-state index in [0.717, 1.165) is 6.21 Å². The fourth-order valence-corrected chi connectivity index (χ4v) is 1.77. The zero-order valence-corrected chi connectivity index (χ0v) is 11.9. The lowest BCUT2D eigenvalue weighted by atomic mass is 10.1. The second kappa shape index (κ2) is 7.58. The van der Waals surface area contributed by atoms with Crippen molar-refractivity contribution >= 4 is 17.8 Å². The molecule has 2 N–H and O–H groups in total. The molecule has 6 heteroatoms. The van der Waals surface area contributed by atoms with Crippen LogP contribution >= 0.6 is 0 Å². The number of nitrogens with zero attached hydrogens (tertiary/aromatic N) is 2. The summed E-state index contributed by atoms with van der Waals surface area (Å²) in [7, 11) is 1.55. The molecule has 0 bridgehead atoms. The van der Waals surface area contributed by atoms with Gasteiger partial charge in [0.2, 0.25) is 0 Å². The largest absolute Gasteiger partial charge is 0.497 e. The lowest BCUT2D eigenvalue weighted by molar-refractivity contribution is 0.0955. The molecule has 6 nitrogen and oxygen atoms in total. The Morgan fingerprint density at radius 3 is 2.55 bits per heavy atom. The number of nitrogens with one attached hydrogen (secondary N) is 1. The molecule has 0 fully saturated rings. The molecule has 1 amide bonds. The molecular formula is C16H15N3O3. The highest BCUT2D eigenvalue weighted by Gasteiger charge is 2.06. The van der Waals surface area contributed by atoms with Gasteiger partial charge in [-0.1, -0.05) is 35.5 Å². The number of carbonyl (C=O) groups is 1. The van der Waals surface area contributed by atoms with Crippen LogP contribution in [0.15, 0.2) is 64.9 Å². The van der Waals surface area contributed by atoms with Crippen molar-refractivity contribution in [3.8, 4) is 5.75 Å². The highest BCUT2D eigenvalue weighted by atomic mass is 16.5. The van der Waals surface area contributed by atoms with Gasteiger partial charge in [0.05, 0.1) is 13.3 Å². The Bertz CT molecular complexity index is 697. The quantitative estimate of drug-likeness (QED) is 0.504. The molecular weight excluding hydrogens is 282 g/mol. The van der Waals surface area contributed by atoms with Gasteiger partial charge in [0, 0.05) is 11.1 Å². The second-order valence-electron chi connectivity index (χ2n) is 4.28. The van der Waals surface area contributed by atoms with E-state index in [1.165, 1.54) is 0 Å². The Morgan fingerprint density at radius 1 is 1.14 bits per heavy atom. The number of hydrogen-bond acceptors (Lipinski definition) is 5. The highest BCUT2D eigenvalue weighted by molar-refractivity contribution is 6.38. The molecule has 0 atom stereocenters. The normalized spacial score (nSPS) is 11.4. The molecule has 0 aliphatic heterocycles. The van der Waals surface area contributed by atoms with Crippen molar-refractivity contribution < 1.29 is 14.7 Å². The van der Waals surface area contributed by atoms with E-state index in [1.54, 1.807) is 55.6 Å². The van der Waals surface area contributed by atoms with Crippen LogP contribution in [0.5, 0.6) is 5.75 Å². The van der Waals surface area contributed by atoms with Gasteiger partial charge in [0.1, 0.15) is 11.5 Å². The molecule has 0 radical (unpaired) electrons. The van der Waals surface area contributed by atoms with Gasteiger partial charge in [-0.05, 0) is 24.3 Å². The van der Waals surface area contributed by atoms with Crippen LogP contribution < -0.4 is 10.2 Å². The Kier molecular flexibility index (Phi) is 5.25. The van der Waals surface area contributed by atoms with Gasteiger partial charge in [-0.3, -0.25) is 4.79 Å². The third-order valence-corrected chi connectivity index (χ3v) is 2.86. The van der Waals surface area contributed by atoms with Gasteiger partial charge in [-0.2, -0.15) is 5.10 Å². The molecule has 2 aromatic carbocycles. The van der Waals surface area contributed by atoms with Crippen LogP contribution in [0.25, 0.3) is 0 Å². The van der Waals surface area contributed by atoms with E-state index in [2.05, 4.69) is 15.7 Å². The Morgan fingerprint density at radius 2 is 1.86 bits per heavy atom. The third-order valence-electron chi connectivity index (χ3n) is 2.86. The average Bonchev–Trinajstić information content (AvgIpc) is 2.59. The number of oxime groups is 1. The topological polar surface area (TPSA) is 83.3 Å². The fraction of sp³-hybridized carbons (Fsp3) is 0.0625. The SMILES string of the molecule is COc1cccc(C(/C=N/O)=N/NC(=O)c2ccccc2)c1. The van der Waals surface area contributed by atoms with Crippen LogP contribution in [0.2, 0.25) is 0 Å². The number of rotatable bonds is 5. The van der Waals surface area contributed by atoms with Crippen LogP contribution in [0.4, 0.5) is 0 Å². The minimum absolute atomic E-state index is 0.297. The first-order valence-electron chi connectivity index (χ1n) is 6.49. The average molecular weight is 297 g/mol. The summed E-state index contributed by atoms with van der Waals surface area (Å²) >= 11 is 0. The van der Waals surface area contributed by atoms with Gasteiger partial charge in [0.25, 0.3) is 5.91 Å². The first-order valence-corrected chi connectivity index (χ1v) is 6.49. The Hall–Kier alpha value is -3.15. The Labute approximate surface area is 127 Å². The van der Waals surface area contributed by atoms with Gasteiger partial charge >= 0.3 is 0 Å². The smallest absolute Gasteiger partial charge is 0.271 e. The summed E-state index contributed by atoms with van der Waals surface area (Å²) in [6.07, 6.45) is 1.14. The number of carbonyl (C=O) groups excluding carboxylic acids is 1. The van der Waals surface area contributed by atoms with E-state index in [9.17, 15) is 4.79 Å². The predicted molar refractivity (Wildman–Crippen MR) is 83.7 cm³/mol.